The molecule has 1 aromatic carbocycles. The van der Waals surface area contributed by atoms with Gasteiger partial charge in [-0.2, -0.15) is 0 Å². The predicted molar refractivity (Wildman–Crippen MR) is 85.0 cm³/mol. The van der Waals surface area contributed by atoms with Crippen LogP contribution in [0.4, 0.5) is 5.69 Å². The van der Waals surface area contributed by atoms with Crippen molar-refractivity contribution in [1.29, 1.82) is 0 Å². The van der Waals surface area contributed by atoms with Gasteiger partial charge in [0.05, 0.1) is 19.8 Å². The number of aliphatic hydroxyl groups excluding tert-OH is 1. The molecular weight excluding hydrogens is 266 g/mol. The minimum absolute atomic E-state index is 0.449. The van der Waals surface area contributed by atoms with Crippen LogP contribution in [0.2, 0.25) is 0 Å². The van der Waals surface area contributed by atoms with Crippen LogP contribution in [-0.2, 0) is 4.74 Å². The van der Waals surface area contributed by atoms with Gasteiger partial charge in [-0.25, -0.2) is 0 Å². The average Bonchev–Trinajstić information content (AvgIpc) is 3.31. The molecule has 0 spiro atoms. The molecule has 0 aliphatic heterocycles. The first-order chi connectivity index (χ1) is 10.1. The summed E-state index contributed by atoms with van der Waals surface area (Å²) in [5.74, 6) is 1.49. The van der Waals surface area contributed by atoms with Crippen molar-refractivity contribution in [3.8, 4) is 5.75 Å². The normalized spacial score (nSPS) is 17.4. The molecule has 4 heteroatoms. The Morgan fingerprint density at radius 2 is 2.00 bits per heavy atom. The smallest absolute Gasteiger partial charge is 0.126 e. The predicted octanol–water partition coefficient (Wildman–Crippen LogP) is 3.00. The van der Waals surface area contributed by atoms with Gasteiger partial charge >= 0.3 is 0 Å². The molecule has 1 aliphatic carbocycles. The molecule has 1 N–H and O–H groups in total. The van der Waals surface area contributed by atoms with Crippen LogP contribution in [0.5, 0.6) is 5.75 Å². The fourth-order valence-corrected chi connectivity index (χ4v) is 2.95. The summed E-state index contributed by atoms with van der Waals surface area (Å²) < 4.78 is 10.7. The van der Waals surface area contributed by atoms with Gasteiger partial charge in [-0.3, -0.25) is 0 Å². The van der Waals surface area contributed by atoms with E-state index < -0.39 is 6.10 Å². The minimum atomic E-state index is -0.562. The number of rotatable bonds is 8. The molecule has 4 nitrogen and oxygen atoms in total. The molecular formula is C17H27NO3. The van der Waals surface area contributed by atoms with Gasteiger partial charge in [0.1, 0.15) is 5.75 Å². The zero-order valence-electron chi connectivity index (χ0n) is 13.5. The molecule has 1 aliphatic rings. The third-order valence-corrected chi connectivity index (χ3v) is 4.32. The molecule has 1 aromatic rings. The van der Waals surface area contributed by atoms with E-state index in [1.54, 1.807) is 21.1 Å². The quantitative estimate of drug-likeness (QED) is 0.800. The van der Waals surface area contributed by atoms with Gasteiger partial charge in [-0.15, -0.1) is 0 Å². The number of nitrogens with zero attached hydrogens (tertiary/aromatic N) is 1. The highest BCUT2D eigenvalue weighted by molar-refractivity contribution is 5.61. The van der Waals surface area contributed by atoms with E-state index in [1.165, 1.54) is 12.8 Å². The second-order valence-electron chi connectivity index (χ2n) is 5.83. The number of hydrogen-bond acceptors (Lipinski definition) is 4. The third-order valence-electron chi connectivity index (χ3n) is 4.32. The summed E-state index contributed by atoms with van der Waals surface area (Å²) in [6.45, 7) is 5.55. The third kappa shape index (κ3) is 3.69. The van der Waals surface area contributed by atoms with E-state index in [0.29, 0.717) is 12.6 Å². The summed E-state index contributed by atoms with van der Waals surface area (Å²) in [5, 5.41) is 10.2. The Morgan fingerprint density at radius 3 is 2.52 bits per heavy atom. The van der Waals surface area contributed by atoms with Crippen LogP contribution < -0.4 is 9.64 Å². The molecule has 0 amide bonds. The van der Waals surface area contributed by atoms with E-state index in [2.05, 4.69) is 17.9 Å². The molecule has 2 atom stereocenters. The zero-order valence-corrected chi connectivity index (χ0v) is 13.5. The van der Waals surface area contributed by atoms with Crippen molar-refractivity contribution >= 4 is 5.69 Å². The molecule has 1 saturated carbocycles. The van der Waals surface area contributed by atoms with Gasteiger partial charge in [0.2, 0.25) is 0 Å². The molecule has 1 fully saturated rings. The number of ether oxygens (including phenoxy) is 2. The van der Waals surface area contributed by atoms with Gasteiger partial charge in [-0.1, -0.05) is 6.07 Å². The Kier molecular flexibility index (Phi) is 5.48. The van der Waals surface area contributed by atoms with Crippen LogP contribution in [-0.4, -0.2) is 38.5 Å². The Balaban J connectivity index is 2.37. The summed E-state index contributed by atoms with van der Waals surface area (Å²) in [5.41, 5.74) is 1.92. The van der Waals surface area contributed by atoms with E-state index in [0.717, 1.165) is 29.5 Å². The first kappa shape index (κ1) is 16.1. The van der Waals surface area contributed by atoms with E-state index in [4.69, 9.17) is 9.47 Å². The number of aliphatic hydroxyl groups is 1. The van der Waals surface area contributed by atoms with Crippen LogP contribution >= 0.6 is 0 Å². The van der Waals surface area contributed by atoms with Crippen molar-refractivity contribution in [3.05, 3.63) is 23.8 Å². The van der Waals surface area contributed by atoms with Crippen molar-refractivity contribution < 1.29 is 14.6 Å². The van der Waals surface area contributed by atoms with E-state index in [9.17, 15) is 5.11 Å². The van der Waals surface area contributed by atoms with Crippen molar-refractivity contribution in [2.24, 2.45) is 5.92 Å². The number of anilines is 1. The second kappa shape index (κ2) is 7.14. The number of methoxy groups -OCH3 is 2. The van der Waals surface area contributed by atoms with Crippen molar-refractivity contribution in [3.63, 3.8) is 0 Å². The van der Waals surface area contributed by atoms with Gasteiger partial charge in [0.15, 0.2) is 0 Å². The Morgan fingerprint density at radius 1 is 1.29 bits per heavy atom. The van der Waals surface area contributed by atoms with Crippen LogP contribution in [0.25, 0.3) is 0 Å². The molecule has 0 aromatic heterocycles. The summed E-state index contributed by atoms with van der Waals surface area (Å²) in [6, 6.07) is 6.41. The summed E-state index contributed by atoms with van der Waals surface area (Å²) in [7, 11) is 3.37. The second-order valence-corrected chi connectivity index (χ2v) is 5.83. The molecule has 0 bridgehead atoms. The lowest BCUT2D eigenvalue weighted by atomic mass is 10.0. The molecule has 0 heterocycles. The first-order valence-corrected chi connectivity index (χ1v) is 7.70. The van der Waals surface area contributed by atoms with Crippen LogP contribution in [0.15, 0.2) is 18.2 Å². The Hall–Kier alpha value is -1.26. The largest absolute Gasteiger partial charge is 0.496 e. The maximum atomic E-state index is 10.2. The lowest BCUT2D eigenvalue weighted by molar-refractivity contribution is 0.192. The number of benzene rings is 1. The van der Waals surface area contributed by atoms with Crippen molar-refractivity contribution in [2.45, 2.75) is 38.8 Å². The topological polar surface area (TPSA) is 41.9 Å². The fraction of sp³-hybridized carbons (Fsp3) is 0.647. The zero-order chi connectivity index (χ0) is 15.4. The highest BCUT2D eigenvalue weighted by Gasteiger charge is 2.33. The summed E-state index contributed by atoms with van der Waals surface area (Å²) >= 11 is 0. The van der Waals surface area contributed by atoms with Crippen LogP contribution in [0.3, 0.4) is 0 Å². The molecule has 21 heavy (non-hydrogen) atoms. The molecule has 0 saturated heterocycles. The maximum Gasteiger partial charge on any atom is 0.126 e. The summed E-state index contributed by atoms with van der Waals surface area (Å²) in [6.07, 6.45) is 2.02. The van der Waals surface area contributed by atoms with Crippen molar-refractivity contribution in [2.75, 3.05) is 32.3 Å². The SMILES string of the molecule is COCCN(c1cccc(OC)c1[C@H](C)O)C(C)C1CC1. The van der Waals surface area contributed by atoms with Crippen LogP contribution in [0, 0.1) is 5.92 Å². The maximum absolute atomic E-state index is 10.2. The average molecular weight is 293 g/mol. The van der Waals surface area contributed by atoms with Crippen LogP contribution in [0.1, 0.15) is 38.4 Å². The Labute approximate surface area is 127 Å². The summed E-state index contributed by atoms with van der Waals surface area (Å²) in [4.78, 5) is 2.35. The molecule has 118 valence electrons. The molecule has 2 rings (SSSR count). The van der Waals surface area contributed by atoms with E-state index in [-0.39, 0.29) is 0 Å². The molecule has 0 radical (unpaired) electrons. The Bertz CT molecular complexity index is 457. The van der Waals surface area contributed by atoms with Gasteiger partial charge < -0.3 is 19.5 Å². The minimum Gasteiger partial charge on any atom is -0.496 e. The molecule has 1 unspecified atom stereocenters. The highest BCUT2D eigenvalue weighted by atomic mass is 16.5. The van der Waals surface area contributed by atoms with Gasteiger partial charge in [0.25, 0.3) is 0 Å². The highest BCUT2D eigenvalue weighted by Crippen LogP contribution is 2.40. The lowest BCUT2D eigenvalue weighted by Crippen LogP contribution is -2.38. The number of hydrogen-bond donors (Lipinski definition) is 1. The fourth-order valence-electron chi connectivity index (χ4n) is 2.95. The first-order valence-electron chi connectivity index (χ1n) is 7.70. The van der Waals surface area contributed by atoms with Crippen molar-refractivity contribution in [1.82, 2.24) is 0 Å². The lowest BCUT2D eigenvalue weighted by Gasteiger charge is -2.34. The standard InChI is InChI=1S/C17H27NO3/c1-12(14-8-9-14)18(10-11-20-3)15-6-5-7-16(21-4)17(15)13(2)19/h5-7,12-14,19H,8-11H2,1-4H3/t12?,13-/m0/s1. The van der Waals surface area contributed by atoms with E-state index >= 15 is 0 Å². The van der Waals surface area contributed by atoms with E-state index in [1.807, 2.05) is 12.1 Å². The monoisotopic (exact) mass is 293 g/mol. The van der Waals surface area contributed by atoms with Gasteiger partial charge in [-0.05, 0) is 44.7 Å². The van der Waals surface area contributed by atoms with Gasteiger partial charge in [0, 0.05) is 30.9 Å².